The van der Waals surface area contributed by atoms with E-state index in [9.17, 15) is 9.59 Å². The Balaban J connectivity index is 1.65. The maximum atomic E-state index is 12.8. The van der Waals surface area contributed by atoms with Crippen molar-refractivity contribution < 1.29 is 14.3 Å². The van der Waals surface area contributed by atoms with Gasteiger partial charge in [0.05, 0.1) is 0 Å². The summed E-state index contributed by atoms with van der Waals surface area (Å²) in [5.41, 5.74) is 2.03. The summed E-state index contributed by atoms with van der Waals surface area (Å²) in [7, 11) is 3.42. The third kappa shape index (κ3) is 5.86. The molecule has 2 amide bonds. The number of carbonyl (C=O) groups excluding carboxylic acids is 2. The Labute approximate surface area is 174 Å². The summed E-state index contributed by atoms with van der Waals surface area (Å²) in [5, 5.41) is 2.85. The van der Waals surface area contributed by atoms with E-state index in [1.54, 1.807) is 32.3 Å². The molecule has 3 aromatic carbocycles. The molecule has 1 N–H and O–H groups in total. The van der Waals surface area contributed by atoms with Crippen LogP contribution in [-0.2, 0) is 6.61 Å². The maximum absolute atomic E-state index is 12.8. The Bertz CT molecular complexity index is 973. The lowest BCUT2D eigenvalue weighted by Crippen LogP contribution is -2.16. The van der Waals surface area contributed by atoms with E-state index in [1.807, 2.05) is 60.7 Å². The number of ether oxygens (including phenoxy) is 1. The van der Waals surface area contributed by atoms with Crippen LogP contribution in [0.5, 0.6) is 5.75 Å². The van der Waals surface area contributed by atoms with Gasteiger partial charge in [-0.05, 0) is 54.2 Å². The molecule has 0 aliphatic carbocycles. The number of benzene rings is 3. The smallest absolute Gasteiger partial charge is 0.285 e. The number of hydrogen-bond acceptors (Lipinski definition) is 4. The number of para-hydroxylation sites is 1. The van der Waals surface area contributed by atoms with Crippen LogP contribution in [0.2, 0.25) is 0 Å². The lowest BCUT2D eigenvalue weighted by molar-refractivity contribution is 0.102. The Morgan fingerprint density at radius 2 is 1.55 bits per heavy atom. The normalized spacial score (nSPS) is 10.3. The van der Waals surface area contributed by atoms with Crippen molar-refractivity contribution in [2.24, 2.45) is 0 Å². The second-order valence-electron chi connectivity index (χ2n) is 6.50. The van der Waals surface area contributed by atoms with Crippen LogP contribution in [0.15, 0.2) is 83.8 Å². The fourth-order valence-electron chi connectivity index (χ4n) is 2.54. The second-order valence-corrected chi connectivity index (χ2v) is 7.52. The Kier molecular flexibility index (Phi) is 6.92. The molecule has 5 nitrogen and oxygen atoms in total. The summed E-state index contributed by atoms with van der Waals surface area (Å²) in [4.78, 5) is 26.9. The van der Waals surface area contributed by atoms with Gasteiger partial charge in [-0.3, -0.25) is 9.59 Å². The van der Waals surface area contributed by atoms with E-state index in [-0.39, 0.29) is 11.1 Å². The van der Waals surface area contributed by atoms with Crippen LogP contribution in [0.3, 0.4) is 0 Å². The van der Waals surface area contributed by atoms with Crippen LogP contribution in [0, 0.1) is 0 Å². The first-order valence-corrected chi connectivity index (χ1v) is 9.91. The van der Waals surface area contributed by atoms with Gasteiger partial charge in [-0.2, -0.15) is 0 Å². The molecule has 29 heavy (non-hydrogen) atoms. The fourth-order valence-corrected chi connectivity index (χ4v) is 3.20. The molecule has 0 saturated carbocycles. The highest BCUT2D eigenvalue weighted by Crippen LogP contribution is 2.23. The quantitative estimate of drug-likeness (QED) is 0.565. The molecule has 0 spiro atoms. The SMILES string of the molecule is CN(C)C(=O)Sc1ccc(NC(=O)c2ccccc2COc2ccccc2)cc1. The number of carbonyl (C=O) groups is 2. The molecule has 0 heterocycles. The zero-order valence-electron chi connectivity index (χ0n) is 16.3. The molecular formula is C23H22N2O3S. The highest BCUT2D eigenvalue weighted by atomic mass is 32.2. The van der Waals surface area contributed by atoms with Gasteiger partial charge in [0.2, 0.25) is 0 Å². The first kappa shape index (κ1) is 20.5. The molecule has 6 heteroatoms. The summed E-state index contributed by atoms with van der Waals surface area (Å²) < 4.78 is 5.79. The fraction of sp³-hybridized carbons (Fsp3) is 0.130. The summed E-state index contributed by atoms with van der Waals surface area (Å²) in [6.07, 6.45) is 0. The predicted octanol–water partition coefficient (Wildman–Crippen LogP) is 5.29. The van der Waals surface area contributed by atoms with Gasteiger partial charge in [0, 0.05) is 35.8 Å². The molecule has 0 unspecified atom stereocenters. The first-order valence-electron chi connectivity index (χ1n) is 9.09. The van der Waals surface area contributed by atoms with Gasteiger partial charge >= 0.3 is 0 Å². The van der Waals surface area contributed by atoms with Crippen molar-refractivity contribution in [1.82, 2.24) is 4.90 Å². The molecule has 148 valence electrons. The van der Waals surface area contributed by atoms with Gasteiger partial charge in [0.15, 0.2) is 0 Å². The molecular weight excluding hydrogens is 384 g/mol. The van der Waals surface area contributed by atoms with E-state index >= 15 is 0 Å². The third-order valence-electron chi connectivity index (χ3n) is 4.08. The average Bonchev–Trinajstić information content (AvgIpc) is 2.74. The van der Waals surface area contributed by atoms with Crippen molar-refractivity contribution in [3.63, 3.8) is 0 Å². The Hall–Kier alpha value is -3.25. The number of nitrogens with one attached hydrogen (secondary N) is 1. The summed E-state index contributed by atoms with van der Waals surface area (Å²) in [5.74, 6) is 0.546. The number of nitrogens with zero attached hydrogens (tertiary/aromatic N) is 1. The van der Waals surface area contributed by atoms with E-state index in [1.165, 1.54) is 4.90 Å². The molecule has 0 aliphatic rings. The van der Waals surface area contributed by atoms with E-state index in [0.717, 1.165) is 28.0 Å². The number of anilines is 1. The zero-order chi connectivity index (χ0) is 20.6. The van der Waals surface area contributed by atoms with Crippen LogP contribution in [-0.4, -0.2) is 30.1 Å². The molecule has 0 aliphatic heterocycles. The van der Waals surface area contributed by atoms with Crippen molar-refractivity contribution >= 4 is 28.6 Å². The van der Waals surface area contributed by atoms with Crippen molar-refractivity contribution in [2.45, 2.75) is 11.5 Å². The second kappa shape index (κ2) is 9.80. The van der Waals surface area contributed by atoms with Crippen molar-refractivity contribution in [2.75, 3.05) is 19.4 Å². The molecule has 3 aromatic rings. The van der Waals surface area contributed by atoms with Crippen LogP contribution >= 0.6 is 11.8 Å². The van der Waals surface area contributed by atoms with Crippen LogP contribution < -0.4 is 10.1 Å². The number of amides is 2. The van der Waals surface area contributed by atoms with Gasteiger partial charge in [-0.25, -0.2) is 0 Å². The summed E-state index contributed by atoms with van der Waals surface area (Å²) in [6.45, 7) is 0.301. The third-order valence-corrected chi connectivity index (χ3v) is 5.13. The van der Waals surface area contributed by atoms with E-state index < -0.39 is 0 Å². The van der Waals surface area contributed by atoms with E-state index in [0.29, 0.717) is 17.9 Å². The van der Waals surface area contributed by atoms with Gasteiger partial charge in [0.25, 0.3) is 11.1 Å². The van der Waals surface area contributed by atoms with Crippen molar-refractivity contribution in [3.8, 4) is 5.75 Å². The minimum Gasteiger partial charge on any atom is -0.489 e. The van der Waals surface area contributed by atoms with Gasteiger partial charge in [-0.15, -0.1) is 0 Å². The molecule has 0 saturated heterocycles. The largest absolute Gasteiger partial charge is 0.489 e. The molecule has 3 rings (SSSR count). The average molecular weight is 407 g/mol. The minimum absolute atomic E-state index is 0.0471. The molecule has 0 fully saturated rings. The first-order chi connectivity index (χ1) is 14.0. The summed E-state index contributed by atoms with van der Waals surface area (Å²) in [6, 6.07) is 24.0. The molecule has 0 aromatic heterocycles. The topological polar surface area (TPSA) is 58.6 Å². The van der Waals surface area contributed by atoms with Crippen molar-refractivity contribution in [1.29, 1.82) is 0 Å². The monoisotopic (exact) mass is 406 g/mol. The lowest BCUT2D eigenvalue weighted by atomic mass is 10.1. The highest BCUT2D eigenvalue weighted by molar-refractivity contribution is 8.13. The van der Waals surface area contributed by atoms with Crippen LogP contribution in [0.25, 0.3) is 0 Å². The Morgan fingerprint density at radius 1 is 0.897 bits per heavy atom. The van der Waals surface area contributed by atoms with Gasteiger partial charge in [-0.1, -0.05) is 36.4 Å². The van der Waals surface area contributed by atoms with Gasteiger partial charge < -0.3 is 15.0 Å². The van der Waals surface area contributed by atoms with E-state index in [4.69, 9.17) is 4.74 Å². The highest BCUT2D eigenvalue weighted by Gasteiger charge is 2.12. The summed E-state index contributed by atoms with van der Waals surface area (Å²) >= 11 is 1.14. The lowest BCUT2D eigenvalue weighted by Gasteiger charge is -2.12. The molecule has 0 bridgehead atoms. The number of thioether (sulfide) groups is 1. The molecule has 0 atom stereocenters. The predicted molar refractivity (Wildman–Crippen MR) is 117 cm³/mol. The minimum atomic E-state index is -0.206. The molecule has 0 radical (unpaired) electrons. The van der Waals surface area contributed by atoms with Crippen LogP contribution in [0.4, 0.5) is 10.5 Å². The number of hydrogen-bond donors (Lipinski definition) is 1. The van der Waals surface area contributed by atoms with Crippen LogP contribution in [0.1, 0.15) is 15.9 Å². The maximum Gasteiger partial charge on any atom is 0.285 e. The Morgan fingerprint density at radius 3 is 2.24 bits per heavy atom. The number of rotatable bonds is 6. The van der Waals surface area contributed by atoms with Gasteiger partial charge in [0.1, 0.15) is 12.4 Å². The van der Waals surface area contributed by atoms with E-state index in [2.05, 4.69) is 5.32 Å². The standard InChI is InChI=1S/C23H22N2O3S/c1-25(2)23(27)29-20-14-12-18(13-15-20)24-22(26)21-11-7-6-8-17(21)16-28-19-9-4-3-5-10-19/h3-15H,16H2,1-2H3,(H,24,26). The zero-order valence-corrected chi connectivity index (χ0v) is 17.1. The van der Waals surface area contributed by atoms with Crippen molar-refractivity contribution in [3.05, 3.63) is 90.0 Å².